The van der Waals surface area contributed by atoms with Gasteiger partial charge in [-0.05, 0) is 19.3 Å². The summed E-state index contributed by atoms with van der Waals surface area (Å²) < 4.78 is 5.76. The zero-order chi connectivity index (χ0) is 13.2. The molecule has 1 saturated carbocycles. The predicted octanol–water partition coefficient (Wildman–Crippen LogP) is 2.57. The maximum atomic E-state index is 11.0. The molecule has 1 atom stereocenters. The molecule has 4 heteroatoms. The molecule has 0 heterocycles. The first kappa shape index (κ1) is 15.4. The number of ether oxygens (including phenoxy) is 1. The van der Waals surface area contributed by atoms with Gasteiger partial charge in [-0.3, -0.25) is 4.79 Å². The highest BCUT2D eigenvalue weighted by atomic mass is 16.5. The van der Waals surface area contributed by atoms with Crippen molar-refractivity contribution in [2.45, 2.75) is 70.4 Å². The summed E-state index contributed by atoms with van der Waals surface area (Å²) in [6.07, 6.45) is 9.29. The fourth-order valence-corrected chi connectivity index (χ4v) is 2.41. The van der Waals surface area contributed by atoms with E-state index < -0.39 is 12.0 Å². The van der Waals surface area contributed by atoms with Crippen molar-refractivity contribution in [2.24, 2.45) is 0 Å². The van der Waals surface area contributed by atoms with E-state index in [0.717, 1.165) is 25.7 Å². The Morgan fingerprint density at radius 1 is 1.39 bits per heavy atom. The molecule has 0 aliphatic heterocycles. The number of hydrogen-bond donors (Lipinski definition) is 2. The monoisotopic (exact) mass is 257 g/mol. The summed E-state index contributed by atoms with van der Waals surface area (Å²) in [5.74, 6) is -0.749. The van der Waals surface area contributed by atoms with Crippen molar-refractivity contribution in [1.29, 1.82) is 0 Å². The largest absolute Gasteiger partial charge is 0.480 e. The summed E-state index contributed by atoms with van der Waals surface area (Å²) in [7, 11) is 0. The maximum Gasteiger partial charge on any atom is 0.320 e. The molecule has 0 spiro atoms. The molecule has 1 rings (SSSR count). The van der Waals surface area contributed by atoms with Crippen molar-refractivity contribution in [3.8, 4) is 0 Å². The normalized spacial score (nSPS) is 18.7. The lowest BCUT2D eigenvalue weighted by Gasteiger charge is -2.22. The molecule has 0 amide bonds. The molecule has 0 saturated heterocycles. The number of aliphatic carboxylic acids is 1. The van der Waals surface area contributed by atoms with Gasteiger partial charge >= 0.3 is 5.97 Å². The molecule has 1 aliphatic carbocycles. The van der Waals surface area contributed by atoms with Crippen molar-refractivity contribution < 1.29 is 14.6 Å². The minimum atomic E-state index is -0.749. The first-order valence-electron chi connectivity index (χ1n) is 7.31. The number of unbranched alkanes of at least 4 members (excludes halogenated alkanes) is 1. The lowest BCUT2D eigenvalue weighted by Crippen LogP contribution is -2.39. The lowest BCUT2D eigenvalue weighted by atomic mass is 9.98. The minimum absolute atomic E-state index is 0.402. The predicted molar refractivity (Wildman–Crippen MR) is 71.8 cm³/mol. The third-order valence-corrected chi connectivity index (χ3v) is 3.54. The van der Waals surface area contributed by atoms with Gasteiger partial charge in [0.15, 0.2) is 0 Å². The number of carboxylic acid groups (broad SMARTS) is 1. The van der Waals surface area contributed by atoms with Gasteiger partial charge in [-0.1, -0.05) is 39.0 Å². The molecule has 1 aliphatic rings. The fraction of sp³-hybridized carbons (Fsp3) is 0.929. The van der Waals surface area contributed by atoms with Crippen LogP contribution in [0.15, 0.2) is 0 Å². The van der Waals surface area contributed by atoms with Gasteiger partial charge in [-0.2, -0.15) is 0 Å². The third-order valence-electron chi connectivity index (χ3n) is 3.54. The van der Waals surface area contributed by atoms with Crippen molar-refractivity contribution in [3.63, 3.8) is 0 Å². The highest BCUT2D eigenvalue weighted by Gasteiger charge is 2.16. The Hall–Kier alpha value is -0.610. The molecule has 0 bridgehead atoms. The van der Waals surface area contributed by atoms with Crippen LogP contribution in [-0.2, 0) is 9.53 Å². The number of hydrogen-bond acceptors (Lipinski definition) is 3. The molecule has 0 aromatic heterocycles. The first-order chi connectivity index (χ1) is 8.74. The number of nitrogens with one attached hydrogen (secondary N) is 1. The van der Waals surface area contributed by atoms with E-state index >= 15 is 0 Å². The van der Waals surface area contributed by atoms with Crippen LogP contribution in [0, 0.1) is 0 Å². The van der Waals surface area contributed by atoms with E-state index in [1.165, 1.54) is 19.3 Å². The fourth-order valence-electron chi connectivity index (χ4n) is 2.41. The highest BCUT2D eigenvalue weighted by Crippen LogP contribution is 2.19. The molecule has 1 unspecified atom stereocenters. The quantitative estimate of drug-likeness (QED) is 0.623. The second-order valence-corrected chi connectivity index (χ2v) is 5.12. The smallest absolute Gasteiger partial charge is 0.320 e. The number of rotatable bonds is 9. The Morgan fingerprint density at radius 3 is 2.72 bits per heavy atom. The van der Waals surface area contributed by atoms with Crippen molar-refractivity contribution in [3.05, 3.63) is 0 Å². The van der Waals surface area contributed by atoms with Gasteiger partial charge in [0.05, 0.1) is 12.7 Å². The van der Waals surface area contributed by atoms with Crippen LogP contribution >= 0.6 is 0 Å². The van der Waals surface area contributed by atoms with Gasteiger partial charge in [0.1, 0.15) is 6.04 Å². The highest BCUT2D eigenvalue weighted by molar-refractivity contribution is 5.73. The molecule has 0 aromatic carbocycles. The van der Waals surface area contributed by atoms with Crippen LogP contribution in [0.5, 0.6) is 0 Å². The summed E-state index contributed by atoms with van der Waals surface area (Å²) in [6, 6.07) is -0.417. The Labute approximate surface area is 110 Å². The molecule has 1 fully saturated rings. The van der Waals surface area contributed by atoms with E-state index in [2.05, 4.69) is 12.2 Å². The van der Waals surface area contributed by atoms with Crippen LogP contribution in [0.2, 0.25) is 0 Å². The van der Waals surface area contributed by atoms with Gasteiger partial charge in [0, 0.05) is 6.54 Å². The zero-order valence-corrected chi connectivity index (χ0v) is 11.5. The van der Waals surface area contributed by atoms with Gasteiger partial charge in [0.25, 0.3) is 0 Å². The maximum absolute atomic E-state index is 11.0. The van der Waals surface area contributed by atoms with E-state index in [1.807, 2.05) is 0 Å². The van der Waals surface area contributed by atoms with Gasteiger partial charge < -0.3 is 15.2 Å². The summed E-state index contributed by atoms with van der Waals surface area (Å²) in [6.45, 7) is 3.34. The average Bonchev–Trinajstić information content (AvgIpc) is 2.38. The molecular weight excluding hydrogens is 230 g/mol. The van der Waals surface area contributed by atoms with E-state index in [0.29, 0.717) is 25.7 Å². The molecule has 0 radical (unpaired) electrons. The summed E-state index contributed by atoms with van der Waals surface area (Å²) >= 11 is 0. The van der Waals surface area contributed by atoms with Gasteiger partial charge in [0.2, 0.25) is 0 Å². The van der Waals surface area contributed by atoms with Crippen LogP contribution in [-0.4, -0.2) is 36.4 Å². The Morgan fingerprint density at radius 2 is 2.11 bits per heavy atom. The summed E-state index contributed by atoms with van der Waals surface area (Å²) in [4.78, 5) is 11.0. The Bertz CT molecular complexity index is 227. The molecule has 4 nitrogen and oxygen atoms in total. The van der Waals surface area contributed by atoms with Crippen LogP contribution in [0.1, 0.15) is 58.3 Å². The Kier molecular flexibility index (Phi) is 8.01. The van der Waals surface area contributed by atoms with E-state index in [4.69, 9.17) is 9.84 Å². The van der Waals surface area contributed by atoms with Crippen molar-refractivity contribution in [1.82, 2.24) is 5.32 Å². The molecule has 106 valence electrons. The third kappa shape index (κ3) is 6.36. The van der Waals surface area contributed by atoms with Crippen molar-refractivity contribution in [2.75, 3.05) is 13.2 Å². The van der Waals surface area contributed by atoms with Crippen LogP contribution in [0.3, 0.4) is 0 Å². The molecule has 18 heavy (non-hydrogen) atoms. The zero-order valence-electron chi connectivity index (χ0n) is 11.5. The second-order valence-electron chi connectivity index (χ2n) is 5.12. The Balaban J connectivity index is 2.08. The number of carbonyl (C=O) groups is 1. The topological polar surface area (TPSA) is 58.6 Å². The minimum Gasteiger partial charge on any atom is -0.480 e. The molecule has 0 aromatic rings. The van der Waals surface area contributed by atoms with Crippen molar-refractivity contribution >= 4 is 5.97 Å². The van der Waals surface area contributed by atoms with Crippen LogP contribution in [0.4, 0.5) is 0 Å². The van der Waals surface area contributed by atoms with Gasteiger partial charge in [-0.15, -0.1) is 0 Å². The second kappa shape index (κ2) is 9.34. The standard InChI is InChI=1S/C14H27NO3/c1-2-3-9-13(14(16)17)15-10-11-18-12-7-5-4-6-8-12/h12-13,15H,2-11H2,1H3,(H,16,17). The average molecular weight is 257 g/mol. The molecule has 2 N–H and O–H groups in total. The van der Waals surface area contributed by atoms with E-state index in [1.54, 1.807) is 0 Å². The van der Waals surface area contributed by atoms with E-state index in [-0.39, 0.29) is 0 Å². The van der Waals surface area contributed by atoms with Crippen LogP contribution in [0.25, 0.3) is 0 Å². The summed E-state index contributed by atoms with van der Waals surface area (Å²) in [5.41, 5.74) is 0. The number of carboxylic acids is 1. The SMILES string of the molecule is CCCCC(NCCOC1CCCCC1)C(=O)O. The lowest BCUT2D eigenvalue weighted by molar-refractivity contribution is -0.139. The van der Waals surface area contributed by atoms with E-state index in [9.17, 15) is 4.79 Å². The van der Waals surface area contributed by atoms with Crippen LogP contribution < -0.4 is 5.32 Å². The van der Waals surface area contributed by atoms with Gasteiger partial charge in [-0.25, -0.2) is 0 Å². The molecular formula is C14H27NO3. The first-order valence-corrected chi connectivity index (χ1v) is 7.31. The summed E-state index contributed by atoms with van der Waals surface area (Å²) in [5, 5.41) is 12.1.